The first kappa shape index (κ1) is 9.72. The minimum absolute atomic E-state index is 0.946. The van der Waals surface area contributed by atoms with Gasteiger partial charge < -0.3 is 0 Å². The van der Waals surface area contributed by atoms with Crippen LogP contribution in [0.15, 0.2) is 67.0 Å². The summed E-state index contributed by atoms with van der Waals surface area (Å²) in [5.41, 5.74) is 1.94. The van der Waals surface area contributed by atoms with Crippen LogP contribution >= 0.6 is 0 Å². The molecule has 17 heavy (non-hydrogen) atoms. The summed E-state index contributed by atoms with van der Waals surface area (Å²) in [6.07, 6.45) is 1.70. The lowest BCUT2D eigenvalue weighted by atomic mass is 10.3. The van der Waals surface area contributed by atoms with Crippen LogP contribution in [-0.2, 0) is 0 Å². The second kappa shape index (κ2) is 4.17. The van der Waals surface area contributed by atoms with Crippen molar-refractivity contribution in [3.63, 3.8) is 0 Å². The predicted molar refractivity (Wildman–Crippen MR) is 62.9 cm³/mol. The summed E-state index contributed by atoms with van der Waals surface area (Å²) in [5.74, 6) is 0. The second-order valence-corrected chi connectivity index (χ2v) is 3.63. The average molecular weight is 223 g/mol. The molecule has 0 fully saturated rings. The highest BCUT2D eigenvalue weighted by Gasteiger charge is 2.10. The summed E-state index contributed by atoms with van der Waals surface area (Å²) in [6.45, 7) is 0. The van der Waals surface area contributed by atoms with Gasteiger partial charge in [-0.15, -0.1) is 4.68 Å². The van der Waals surface area contributed by atoms with Crippen molar-refractivity contribution >= 4 is 0 Å². The number of tetrazole rings is 1. The zero-order valence-electron chi connectivity index (χ0n) is 9.14. The Morgan fingerprint density at radius 2 is 1.47 bits per heavy atom. The van der Waals surface area contributed by atoms with Crippen LogP contribution in [0.3, 0.4) is 0 Å². The minimum Gasteiger partial charge on any atom is -0.104 e. The molecule has 3 aromatic rings. The van der Waals surface area contributed by atoms with E-state index in [9.17, 15) is 0 Å². The molecule has 3 rings (SSSR count). The lowest BCUT2D eigenvalue weighted by molar-refractivity contribution is -0.661. The Labute approximate surface area is 98.7 Å². The lowest BCUT2D eigenvalue weighted by Crippen LogP contribution is -2.32. The number of aromatic nitrogens is 4. The fourth-order valence-corrected chi connectivity index (χ4v) is 1.61. The standard InChI is InChI=1S/C13H11N4/c1-3-7-12(8-4-1)16-11-14-17(15-16)13-9-5-2-6-10-13/h1-11H/q+1. The van der Waals surface area contributed by atoms with E-state index in [0.29, 0.717) is 0 Å². The number of rotatable bonds is 2. The fourth-order valence-electron chi connectivity index (χ4n) is 1.61. The summed E-state index contributed by atoms with van der Waals surface area (Å²) in [7, 11) is 0. The molecule has 0 aliphatic rings. The van der Waals surface area contributed by atoms with Crippen LogP contribution in [0.2, 0.25) is 0 Å². The smallest absolute Gasteiger partial charge is 0.104 e. The molecule has 2 aromatic carbocycles. The molecule has 0 amide bonds. The summed E-state index contributed by atoms with van der Waals surface area (Å²) in [4.78, 5) is 1.60. The van der Waals surface area contributed by atoms with Gasteiger partial charge in [0, 0.05) is 4.80 Å². The van der Waals surface area contributed by atoms with Crippen LogP contribution in [0.1, 0.15) is 0 Å². The maximum Gasteiger partial charge on any atom is 0.291 e. The van der Waals surface area contributed by atoms with E-state index in [1.165, 1.54) is 0 Å². The monoisotopic (exact) mass is 223 g/mol. The van der Waals surface area contributed by atoms with E-state index in [-0.39, 0.29) is 0 Å². The molecule has 4 nitrogen and oxygen atoms in total. The zero-order valence-corrected chi connectivity index (χ0v) is 9.14. The Balaban J connectivity index is 1.99. The zero-order chi connectivity index (χ0) is 11.5. The molecule has 1 heterocycles. The topological polar surface area (TPSA) is 34.6 Å². The van der Waals surface area contributed by atoms with Crippen molar-refractivity contribution in [1.82, 2.24) is 15.1 Å². The molecule has 0 N–H and O–H groups in total. The number of para-hydroxylation sites is 2. The lowest BCUT2D eigenvalue weighted by Gasteiger charge is -1.91. The second-order valence-electron chi connectivity index (χ2n) is 3.63. The van der Waals surface area contributed by atoms with Crippen LogP contribution in [0, 0.1) is 0 Å². The van der Waals surface area contributed by atoms with E-state index in [4.69, 9.17) is 0 Å². The summed E-state index contributed by atoms with van der Waals surface area (Å²) in [6, 6.07) is 19.7. The first-order chi connectivity index (χ1) is 8.43. The van der Waals surface area contributed by atoms with Gasteiger partial charge in [-0.1, -0.05) is 36.4 Å². The quantitative estimate of drug-likeness (QED) is 0.618. The highest BCUT2D eigenvalue weighted by molar-refractivity contribution is 5.27. The van der Waals surface area contributed by atoms with E-state index in [0.717, 1.165) is 11.4 Å². The van der Waals surface area contributed by atoms with Crippen LogP contribution in [0.4, 0.5) is 0 Å². The van der Waals surface area contributed by atoms with Crippen molar-refractivity contribution in [1.29, 1.82) is 0 Å². The Bertz CT molecular complexity index is 548. The van der Waals surface area contributed by atoms with Gasteiger partial charge in [0.25, 0.3) is 6.33 Å². The van der Waals surface area contributed by atoms with Gasteiger partial charge in [0.05, 0.1) is 10.3 Å². The largest absolute Gasteiger partial charge is 0.291 e. The van der Waals surface area contributed by atoms with E-state index in [1.54, 1.807) is 15.8 Å². The van der Waals surface area contributed by atoms with Gasteiger partial charge in [-0.3, -0.25) is 0 Å². The first-order valence-electron chi connectivity index (χ1n) is 5.38. The third kappa shape index (κ3) is 1.92. The maximum atomic E-state index is 4.37. The summed E-state index contributed by atoms with van der Waals surface area (Å²) in [5, 5.41) is 8.60. The van der Waals surface area contributed by atoms with Gasteiger partial charge in [0.15, 0.2) is 5.69 Å². The highest BCUT2D eigenvalue weighted by Crippen LogP contribution is 2.02. The highest BCUT2D eigenvalue weighted by atomic mass is 15.6. The molecule has 0 spiro atoms. The van der Waals surface area contributed by atoms with Gasteiger partial charge in [-0.25, -0.2) is 0 Å². The summed E-state index contributed by atoms with van der Waals surface area (Å²) < 4.78 is 1.74. The Morgan fingerprint density at radius 1 is 0.824 bits per heavy atom. The molecule has 0 saturated carbocycles. The van der Waals surface area contributed by atoms with Gasteiger partial charge in [0.1, 0.15) is 5.69 Å². The molecule has 0 aliphatic carbocycles. The van der Waals surface area contributed by atoms with Crippen LogP contribution < -0.4 is 4.68 Å². The van der Waals surface area contributed by atoms with E-state index in [2.05, 4.69) is 10.3 Å². The van der Waals surface area contributed by atoms with Crippen molar-refractivity contribution in [2.75, 3.05) is 0 Å². The van der Waals surface area contributed by atoms with Gasteiger partial charge in [-0.2, -0.15) is 0 Å². The van der Waals surface area contributed by atoms with Crippen molar-refractivity contribution < 1.29 is 4.68 Å². The molecule has 1 aromatic heterocycles. The van der Waals surface area contributed by atoms with Gasteiger partial charge >= 0.3 is 0 Å². The number of hydrogen-bond donors (Lipinski definition) is 0. The molecule has 4 heteroatoms. The minimum atomic E-state index is 0.946. The van der Waals surface area contributed by atoms with Crippen LogP contribution in [0.25, 0.3) is 11.4 Å². The molecule has 0 aliphatic heterocycles. The van der Waals surface area contributed by atoms with E-state index >= 15 is 0 Å². The fraction of sp³-hybridized carbons (Fsp3) is 0. The Hall–Kier alpha value is -2.49. The molecular formula is C13H11N4+. The normalized spacial score (nSPS) is 10.4. The maximum absolute atomic E-state index is 4.37. The van der Waals surface area contributed by atoms with Crippen molar-refractivity contribution in [3.8, 4) is 11.4 Å². The number of nitrogens with zero attached hydrogens (tertiary/aromatic N) is 4. The average Bonchev–Trinajstić information content (AvgIpc) is 2.90. The third-order valence-electron chi connectivity index (χ3n) is 2.46. The van der Waals surface area contributed by atoms with E-state index < -0.39 is 0 Å². The Morgan fingerprint density at radius 3 is 2.18 bits per heavy atom. The molecular weight excluding hydrogens is 212 g/mol. The number of hydrogen-bond acceptors (Lipinski definition) is 2. The SMILES string of the molecule is c1ccc(-n2nc[n+](-c3ccccc3)n2)cc1. The third-order valence-corrected chi connectivity index (χ3v) is 2.46. The van der Waals surface area contributed by atoms with Crippen molar-refractivity contribution in [3.05, 3.63) is 67.0 Å². The molecule has 0 atom stereocenters. The number of benzene rings is 2. The molecule has 0 bridgehead atoms. The van der Waals surface area contributed by atoms with Crippen LogP contribution in [-0.4, -0.2) is 15.1 Å². The molecule has 0 saturated heterocycles. The molecule has 0 unspecified atom stereocenters. The van der Waals surface area contributed by atoms with Gasteiger partial charge in [0.2, 0.25) is 0 Å². The predicted octanol–water partition coefficient (Wildman–Crippen LogP) is 1.54. The molecule has 82 valence electrons. The Kier molecular flexibility index (Phi) is 2.38. The van der Waals surface area contributed by atoms with Crippen molar-refractivity contribution in [2.45, 2.75) is 0 Å². The van der Waals surface area contributed by atoms with Crippen molar-refractivity contribution in [2.24, 2.45) is 0 Å². The van der Waals surface area contributed by atoms with E-state index in [1.807, 2.05) is 60.7 Å². The van der Waals surface area contributed by atoms with Gasteiger partial charge in [-0.05, 0) is 24.3 Å². The van der Waals surface area contributed by atoms with Crippen LogP contribution in [0.5, 0.6) is 0 Å². The molecule has 0 radical (unpaired) electrons. The summed E-state index contributed by atoms with van der Waals surface area (Å²) >= 11 is 0. The first-order valence-corrected chi connectivity index (χ1v) is 5.38.